The summed E-state index contributed by atoms with van der Waals surface area (Å²) in [6.07, 6.45) is 15.3. The molecular formula is C23H34O5. The highest BCUT2D eigenvalue weighted by Gasteiger charge is 2.38. The zero-order chi connectivity index (χ0) is 19.7. The van der Waals surface area contributed by atoms with Crippen LogP contribution in [-0.4, -0.2) is 18.0 Å². The molecule has 1 heterocycles. The minimum atomic E-state index is -0.308. The van der Waals surface area contributed by atoms with Gasteiger partial charge in [-0.25, -0.2) is 0 Å². The minimum absolute atomic E-state index is 0.0549. The van der Waals surface area contributed by atoms with Crippen molar-refractivity contribution < 1.29 is 23.5 Å². The van der Waals surface area contributed by atoms with Gasteiger partial charge in [0.25, 0.3) is 0 Å². The molecule has 2 aliphatic rings. The lowest BCUT2D eigenvalue weighted by Crippen LogP contribution is -2.32. The summed E-state index contributed by atoms with van der Waals surface area (Å²) in [5.41, 5.74) is -0.308. The predicted molar refractivity (Wildman–Crippen MR) is 105 cm³/mol. The van der Waals surface area contributed by atoms with Gasteiger partial charge in [-0.3, -0.25) is 9.59 Å². The first-order valence-electron chi connectivity index (χ1n) is 11.0. The largest absolute Gasteiger partial charge is 0.466 e. The first-order chi connectivity index (χ1) is 13.7. The normalized spacial score (nSPS) is 20.7. The summed E-state index contributed by atoms with van der Waals surface area (Å²) in [4.78, 5) is 25.2. The van der Waals surface area contributed by atoms with Gasteiger partial charge in [-0.1, -0.05) is 38.5 Å². The van der Waals surface area contributed by atoms with Crippen molar-refractivity contribution in [1.29, 1.82) is 0 Å². The van der Waals surface area contributed by atoms with Crippen LogP contribution in [0.15, 0.2) is 22.8 Å². The van der Waals surface area contributed by atoms with E-state index in [1.807, 2.05) is 0 Å². The van der Waals surface area contributed by atoms with Gasteiger partial charge < -0.3 is 13.9 Å². The summed E-state index contributed by atoms with van der Waals surface area (Å²) < 4.78 is 16.5. The van der Waals surface area contributed by atoms with Crippen LogP contribution in [0.2, 0.25) is 0 Å². The van der Waals surface area contributed by atoms with E-state index in [-0.39, 0.29) is 36.5 Å². The monoisotopic (exact) mass is 390 g/mol. The molecule has 0 aromatic carbocycles. The van der Waals surface area contributed by atoms with Crippen molar-refractivity contribution in [2.45, 2.75) is 103 Å². The van der Waals surface area contributed by atoms with E-state index in [2.05, 4.69) is 0 Å². The molecule has 5 heteroatoms. The average Bonchev–Trinajstić information content (AvgIpc) is 3.16. The summed E-state index contributed by atoms with van der Waals surface area (Å²) in [6.45, 7) is 0.147. The van der Waals surface area contributed by atoms with E-state index in [0.717, 1.165) is 51.4 Å². The highest BCUT2D eigenvalue weighted by atomic mass is 16.5. The fraction of sp³-hybridized carbons (Fsp3) is 0.739. The van der Waals surface area contributed by atoms with Crippen LogP contribution in [0.4, 0.5) is 0 Å². The van der Waals surface area contributed by atoms with Gasteiger partial charge in [0, 0.05) is 0 Å². The van der Waals surface area contributed by atoms with Crippen molar-refractivity contribution in [3.8, 4) is 0 Å². The van der Waals surface area contributed by atoms with E-state index >= 15 is 0 Å². The second kappa shape index (κ2) is 10.7. The molecule has 0 amide bonds. The third-order valence-electron chi connectivity index (χ3n) is 6.26. The molecule has 156 valence electrons. The Hall–Kier alpha value is -1.78. The Morgan fingerprint density at radius 2 is 1.57 bits per heavy atom. The van der Waals surface area contributed by atoms with Crippen molar-refractivity contribution in [2.75, 3.05) is 0 Å². The van der Waals surface area contributed by atoms with Crippen molar-refractivity contribution >= 4 is 11.9 Å². The maximum absolute atomic E-state index is 12.7. The van der Waals surface area contributed by atoms with Gasteiger partial charge in [0.05, 0.1) is 19.1 Å². The molecule has 0 bridgehead atoms. The Balaban J connectivity index is 1.52. The summed E-state index contributed by atoms with van der Waals surface area (Å²) in [7, 11) is 0. The maximum atomic E-state index is 12.7. The Morgan fingerprint density at radius 1 is 0.929 bits per heavy atom. The Labute approximate surface area is 168 Å². The number of hydrogen-bond donors (Lipinski definition) is 0. The van der Waals surface area contributed by atoms with Crippen LogP contribution in [0.3, 0.4) is 0 Å². The molecule has 0 N–H and O–H groups in total. The summed E-state index contributed by atoms with van der Waals surface area (Å²) in [6, 6.07) is 3.56. The number of carbonyl (C=O) groups excluding carboxylic acids is 2. The van der Waals surface area contributed by atoms with Crippen LogP contribution < -0.4 is 0 Å². The third kappa shape index (κ3) is 6.68. The molecule has 2 aliphatic carbocycles. The van der Waals surface area contributed by atoms with Crippen molar-refractivity contribution in [3.63, 3.8) is 0 Å². The van der Waals surface area contributed by atoms with E-state index in [9.17, 15) is 9.59 Å². The zero-order valence-electron chi connectivity index (χ0n) is 17.0. The summed E-state index contributed by atoms with van der Waals surface area (Å²) in [5, 5.41) is 0. The molecule has 0 radical (unpaired) electrons. The quantitative estimate of drug-likeness (QED) is 0.558. The number of ether oxygens (including phenoxy) is 2. The van der Waals surface area contributed by atoms with Crippen LogP contribution in [0.25, 0.3) is 0 Å². The van der Waals surface area contributed by atoms with Gasteiger partial charge in [-0.2, -0.15) is 0 Å². The first kappa shape index (κ1) is 20.9. The second-order valence-electron chi connectivity index (χ2n) is 8.61. The number of furan rings is 1. The molecule has 3 rings (SSSR count). The highest BCUT2D eigenvalue weighted by molar-refractivity contribution is 5.74. The van der Waals surface area contributed by atoms with E-state index < -0.39 is 0 Å². The number of esters is 2. The van der Waals surface area contributed by atoms with Crippen LogP contribution in [0.5, 0.6) is 0 Å². The lowest BCUT2D eigenvalue weighted by molar-refractivity contribution is -0.156. The van der Waals surface area contributed by atoms with Gasteiger partial charge in [0.2, 0.25) is 0 Å². The fourth-order valence-electron chi connectivity index (χ4n) is 4.69. The fourth-order valence-corrected chi connectivity index (χ4v) is 4.69. The average molecular weight is 391 g/mol. The van der Waals surface area contributed by atoms with Gasteiger partial charge in [-0.15, -0.1) is 0 Å². The third-order valence-corrected chi connectivity index (χ3v) is 6.26. The Bertz CT molecular complexity index is 593. The standard InChI is InChI=1S/C23H34O5/c24-21(27-18-20-12-9-15-26-20)16-23(13-7-4-8-14-23)17-22(25)28-19-10-5-2-1-3-6-11-19/h9,12,15,19H,1-8,10-11,13-14,16-18H2. The lowest BCUT2D eigenvalue weighted by atomic mass is 9.69. The minimum Gasteiger partial charge on any atom is -0.466 e. The first-order valence-corrected chi connectivity index (χ1v) is 11.0. The summed E-state index contributed by atoms with van der Waals surface area (Å²) >= 11 is 0. The molecule has 28 heavy (non-hydrogen) atoms. The Kier molecular flexibility index (Phi) is 7.99. The molecule has 1 aromatic heterocycles. The maximum Gasteiger partial charge on any atom is 0.306 e. The molecule has 0 aliphatic heterocycles. The van der Waals surface area contributed by atoms with Crippen LogP contribution in [-0.2, 0) is 25.7 Å². The van der Waals surface area contributed by atoms with Crippen LogP contribution in [0.1, 0.15) is 95.7 Å². The molecule has 2 fully saturated rings. The Morgan fingerprint density at radius 3 is 2.25 bits per heavy atom. The van der Waals surface area contributed by atoms with Crippen LogP contribution in [0, 0.1) is 5.41 Å². The van der Waals surface area contributed by atoms with E-state index in [1.54, 1.807) is 18.4 Å². The topological polar surface area (TPSA) is 65.7 Å². The van der Waals surface area contributed by atoms with Crippen LogP contribution >= 0.6 is 0 Å². The lowest BCUT2D eigenvalue weighted by Gasteiger charge is -2.36. The van der Waals surface area contributed by atoms with E-state index in [0.29, 0.717) is 12.2 Å². The van der Waals surface area contributed by atoms with Gasteiger partial charge in [-0.05, 0) is 56.1 Å². The summed E-state index contributed by atoms with van der Waals surface area (Å²) in [5.74, 6) is 0.248. The van der Waals surface area contributed by atoms with Crippen molar-refractivity contribution in [2.24, 2.45) is 5.41 Å². The van der Waals surface area contributed by atoms with Crippen molar-refractivity contribution in [1.82, 2.24) is 0 Å². The van der Waals surface area contributed by atoms with E-state index in [1.165, 1.54) is 25.7 Å². The number of rotatable bonds is 7. The second-order valence-corrected chi connectivity index (χ2v) is 8.61. The molecule has 1 aromatic rings. The molecule has 0 saturated heterocycles. The molecule has 2 saturated carbocycles. The molecule has 0 atom stereocenters. The SMILES string of the molecule is O=C(CC1(CC(=O)OC2CCCCCCC2)CCCCC1)OCc1ccco1. The van der Waals surface area contributed by atoms with Gasteiger partial charge >= 0.3 is 11.9 Å². The smallest absolute Gasteiger partial charge is 0.306 e. The molecule has 0 unspecified atom stereocenters. The van der Waals surface area contributed by atoms with Gasteiger partial charge in [0.15, 0.2) is 0 Å². The highest BCUT2D eigenvalue weighted by Crippen LogP contribution is 2.43. The number of hydrogen-bond acceptors (Lipinski definition) is 5. The molecule has 5 nitrogen and oxygen atoms in total. The molecule has 0 spiro atoms. The zero-order valence-corrected chi connectivity index (χ0v) is 17.0. The number of carbonyl (C=O) groups is 2. The van der Waals surface area contributed by atoms with E-state index in [4.69, 9.17) is 13.9 Å². The predicted octanol–water partition coefficient (Wildman–Crippen LogP) is 5.71. The van der Waals surface area contributed by atoms with Crippen molar-refractivity contribution in [3.05, 3.63) is 24.2 Å². The van der Waals surface area contributed by atoms with Gasteiger partial charge in [0.1, 0.15) is 18.5 Å². The molecular weight excluding hydrogens is 356 g/mol.